The maximum absolute atomic E-state index is 9.59. The molecule has 1 saturated heterocycles. The van der Waals surface area contributed by atoms with E-state index in [-0.39, 0.29) is 6.10 Å². The monoisotopic (exact) mass is 172 g/mol. The maximum Gasteiger partial charge on any atom is 0.0693 e. The van der Waals surface area contributed by atoms with Crippen LogP contribution in [0.25, 0.3) is 0 Å². The second kappa shape index (κ2) is 4.80. The fraction of sp³-hybridized carbons (Fsp3) is 1.00. The highest BCUT2D eigenvalue weighted by molar-refractivity contribution is 4.77. The molecule has 0 saturated carbocycles. The summed E-state index contributed by atoms with van der Waals surface area (Å²) in [6.45, 7) is 6.18. The number of rotatable bonds is 3. The van der Waals surface area contributed by atoms with Gasteiger partial charge in [0.2, 0.25) is 0 Å². The van der Waals surface area contributed by atoms with Crippen LogP contribution < -0.4 is 5.32 Å². The van der Waals surface area contributed by atoms with Crippen LogP contribution in [0.1, 0.15) is 13.3 Å². The second-order valence-electron chi connectivity index (χ2n) is 3.74. The molecule has 1 rings (SSSR count). The van der Waals surface area contributed by atoms with Crippen molar-refractivity contribution in [3.8, 4) is 0 Å². The van der Waals surface area contributed by atoms with E-state index in [4.69, 9.17) is 0 Å². The SMILES string of the molecule is CNCCN1CC[C@@H](C)[C@H](O)C1. The fourth-order valence-corrected chi connectivity index (χ4v) is 1.59. The van der Waals surface area contributed by atoms with Crippen LogP contribution in [0.5, 0.6) is 0 Å². The smallest absolute Gasteiger partial charge is 0.0693 e. The van der Waals surface area contributed by atoms with Gasteiger partial charge in [0.05, 0.1) is 6.10 Å². The third-order valence-corrected chi connectivity index (χ3v) is 2.68. The normalized spacial score (nSPS) is 32.2. The molecular formula is C9H20N2O. The van der Waals surface area contributed by atoms with Gasteiger partial charge in [-0.05, 0) is 25.9 Å². The Morgan fingerprint density at radius 2 is 2.33 bits per heavy atom. The van der Waals surface area contributed by atoms with Gasteiger partial charge in [0.1, 0.15) is 0 Å². The van der Waals surface area contributed by atoms with Crippen molar-refractivity contribution in [1.29, 1.82) is 0 Å². The first-order valence-electron chi connectivity index (χ1n) is 4.79. The Morgan fingerprint density at radius 3 is 2.92 bits per heavy atom. The van der Waals surface area contributed by atoms with E-state index in [1.54, 1.807) is 0 Å². The molecule has 2 atom stereocenters. The minimum Gasteiger partial charge on any atom is -0.392 e. The molecule has 0 spiro atoms. The number of likely N-dealkylation sites (N-methyl/N-ethyl adjacent to an activating group) is 1. The molecule has 1 heterocycles. The topological polar surface area (TPSA) is 35.5 Å². The first kappa shape index (κ1) is 9.96. The van der Waals surface area contributed by atoms with Gasteiger partial charge in [-0.1, -0.05) is 6.92 Å². The summed E-state index contributed by atoms with van der Waals surface area (Å²) in [5.41, 5.74) is 0. The van der Waals surface area contributed by atoms with Crippen molar-refractivity contribution >= 4 is 0 Å². The molecule has 3 nitrogen and oxygen atoms in total. The number of likely N-dealkylation sites (tertiary alicyclic amines) is 1. The predicted molar refractivity (Wildman–Crippen MR) is 50.2 cm³/mol. The van der Waals surface area contributed by atoms with Gasteiger partial charge in [-0.3, -0.25) is 4.90 Å². The number of aliphatic hydroxyl groups excluding tert-OH is 1. The lowest BCUT2D eigenvalue weighted by atomic mass is 9.96. The summed E-state index contributed by atoms with van der Waals surface area (Å²) >= 11 is 0. The molecule has 0 aromatic carbocycles. The van der Waals surface area contributed by atoms with Crippen molar-refractivity contribution in [2.45, 2.75) is 19.4 Å². The van der Waals surface area contributed by atoms with E-state index < -0.39 is 0 Å². The van der Waals surface area contributed by atoms with E-state index >= 15 is 0 Å². The Hall–Kier alpha value is -0.120. The van der Waals surface area contributed by atoms with Gasteiger partial charge in [-0.15, -0.1) is 0 Å². The van der Waals surface area contributed by atoms with Gasteiger partial charge in [-0.2, -0.15) is 0 Å². The van der Waals surface area contributed by atoms with Crippen molar-refractivity contribution in [1.82, 2.24) is 10.2 Å². The Morgan fingerprint density at radius 1 is 1.58 bits per heavy atom. The Kier molecular flexibility index (Phi) is 3.98. The van der Waals surface area contributed by atoms with Crippen LogP contribution in [0.2, 0.25) is 0 Å². The van der Waals surface area contributed by atoms with Gasteiger partial charge in [0.25, 0.3) is 0 Å². The van der Waals surface area contributed by atoms with Gasteiger partial charge in [0, 0.05) is 19.6 Å². The van der Waals surface area contributed by atoms with Crippen LogP contribution >= 0.6 is 0 Å². The summed E-state index contributed by atoms with van der Waals surface area (Å²) in [4.78, 5) is 2.32. The Bertz CT molecular complexity index is 128. The number of β-amino-alcohol motifs (C(OH)–C–C–N with tert-alkyl or cyclic N) is 1. The molecule has 2 N–H and O–H groups in total. The number of hydrogen-bond acceptors (Lipinski definition) is 3. The van der Waals surface area contributed by atoms with E-state index in [0.717, 1.165) is 32.6 Å². The third kappa shape index (κ3) is 2.73. The quantitative estimate of drug-likeness (QED) is 0.624. The zero-order valence-electron chi connectivity index (χ0n) is 8.08. The summed E-state index contributed by atoms with van der Waals surface area (Å²) in [6, 6.07) is 0. The van der Waals surface area contributed by atoms with Crippen LogP contribution in [-0.2, 0) is 0 Å². The highest BCUT2D eigenvalue weighted by Gasteiger charge is 2.23. The summed E-state index contributed by atoms with van der Waals surface area (Å²) in [5, 5.41) is 12.7. The summed E-state index contributed by atoms with van der Waals surface area (Å²) in [6.07, 6.45) is 1.01. The van der Waals surface area contributed by atoms with Crippen molar-refractivity contribution in [2.75, 3.05) is 33.2 Å². The number of nitrogens with zero attached hydrogens (tertiary/aromatic N) is 1. The van der Waals surface area contributed by atoms with E-state index in [1.807, 2.05) is 7.05 Å². The minimum atomic E-state index is -0.115. The Balaban J connectivity index is 2.21. The fourth-order valence-electron chi connectivity index (χ4n) is 1.59. The Labute approximate surface area is 74.8 Å². The number of aliphatic hydroxyl groups is 1. The molecule has 0 unspecified atom stereocenters. The van der Waals surface area contributed by atoms with Crippen molar-refractivity contribution in [3.05, 3.63) is 0 Å². The van der Waals surface area contributed by atoms with Crippen molar-refractivity contribution in [3.63, 3.8) is 0 Å². The molecule has 3 heteroatoms. The van der Waals surface area contributed by atoms with E-state index in [9.17, 15) is 5.11 Å². The van der Waals surface area contributed by atoms with Gasteiger partial charge in [0.15, 0.2) is 0 Å². The van der Waals surface area contributed by atoms with Crippen LogP contribution in [0.15, 0.2) is 0 Å². The molecule has 0 bridgehead atoms. The van der Waals surface area contributed by atoms with Gasteiger partial charge in [-0.25, -0.2) is 0 Å². The molecule has 1 aliphatic rings. The van der Waals surface area contributed by atoms with Crippen LogP contribution in [-0.4, -0.2) is 49.3 Å². The molecule has 1 fully saturated rings. The van der Waals surface area contributed by atoms with E-state index in [2.05, 4.69) is 17.1 Å². The molecule has 0 radical (unpaired) electrons. The highest BCUT2D eigenvalue weighted by atomic mass is 16.3. The molecular weight excluding hydrogens is 152 g/mol. The average molecular weight is 172 g/mol. The summed E-state index contributed by atoms with van der Waals surface area (Å²) < 4.78 is 0. The van der Waals surface area contributed by atoms with Gasteiger partial charge < -0.3 is 10.4 Å². The lowest BCUT2D eigenvalue weighted by Crippen LogP contribution is -2.44. The average Bonchev–Trinajstić information content (AvgIpc) is 2.07. The zero-order chi connectivity index (χ0) is 8.97. The zero-order valence-corrected chi connectivity index (χ0v) is 8.08. The maximum atomic E-state index is 9.59. The van der Waals surface area contributed by atoms with Crippen molar-refractivity contribution < 1.29 is 5.11 Å². The van der Waals surface area contributed by atoms with Gasteiger partial charge >= 0.3 is 0 Å². The van der Waals surface area contributed by atoms with Crippen molar-refractivity contribution in [2.24, 2.45) is 5.92 Å². The molecule has 0 amide bonds. The summed E-state index contributed by atoms with van der Waals surface area (Å²) in [7, 11) is 1.96. The van der Waals surface area contributed by atoms with Crippen LogP contribution in [0.3, 0.4) is 0 Å². The first-order chi connectivity index (χ1) is 5.74. The second-order valence-corrected chi connectivity index (χ2v) is 3.74. The van der Waals surface area contributed by atoms with Crippen LogP contribution in [0.4, 0.5) is 0 Å². The number of hydrogen-bond donors (Lipinski definition) is 2. The molecule has 0 aromatic rings. The third-order valence-electron chi connectivity index (χ3n) is 2.68. The largest absolute Gasteiger partial charge is 0.392 e. The molecule has 0 aliphatic carbocycles. The lowest BCUT2D eigenvalue weighted by molar-refractivity contribution is 0.0300. The molecule has 12 heavy (non-hydrogen) atoms. The minimum absolute atomic E-state index is 0.115. The van der Waals surface area contributed by atoms with E-state index in [1.165, 1.54) is 0 Å². The molecule has 72 valence electrons. The molecule has 0 aromatic heterocycles. The highest BCUT2D eigenvalue weighted by Crippen LogP contribution is 2.15. The predicted octanol–water partition coefficient (Wildman–Crippen LogP) is -0.0915. The molecule has 1 aliphatic heterocycles. The van der Waals surface area contributed by atoms with Crippen LogP contribution in [0, 0.1) is 5.92 Å². The van der Waals surface area contributed by atoms with E-state index in [0.29, 0.717) is 5.92 Å². The first-order valence-corrected chi connectivity index (χ1v) is 4.79. The summed E-state index contributed by atoms with van der Waals surface area (Å²) in [5.74, 6) is 0.482. The number of piperidine rings is 1. The standard InChI is InChI=1S/C9H20N2O/c1-8-3-5-11(6-4-10-2)7-9(8)12/h8-10,12H,3-7H2,1-2H3/t8-,9-/m1/s1. The number of nitrogens with one attached hydrogen (secondary N) is 1. The lowest BCUT2D eigenvalue weighted by Gasteiger charge is -2.34.